The molecule has 1 atom stereocenters. The molecule has 0 fully saturated rings. The molecule has 0 aliphatic carbocycles. The van der Waals surface area contributed by atoms with Crippen molar-refractivity contribution in [1.82, 2.24) is 5.32 Å². The van der Waals surface area contributed by atoms with Crippen LogP contribution in [0.25, 0.3) is 0 Å². The second-order valence-electron chi connectivity index (χ2n) is 2.85. The van der Waals surface area contributed by atoms with Gasteiger partial charge in [-0.1, -0.05) is 28.1 Å². The van der Waals surface area contributed by atoms with E-state index < -0.39 is 6.09 Å². The number of halogens is 1. The summed E-state index contributed by atoms with van der Waals surface area (Å²) in [6.07, 6.45) is -1.06. The first-order valence-corrected chi connectivity index (χ1v) is 4.86. The van der Waals surface area contributed by atoms with Crippen molar-refractivity contribution >= 4 is 22.0 Å². The van der Waals surface area contributed by atoms with Crippen molar-refractivity contribution in [2.24, 2.45) is 5.73 Å². The number of amides is 1. The zero-order valence-corrected chi connectivity index (χ0v) is 8.99. The van der Waals surface area contributed by atoms with Gasteiger partial charge < -0.3 is 16.2 Å². The average molecular weight is 259 g/mol. The van der Waals surface area contributed by atoms with Crippen molar-refractivity contribution in [3.63, 3.8) is 0 Å². The third-order valence-electron chi connectivity index (χ3n) is 1.75. The molecule has 0 saturated carbocycles. The van der Waals surface area contributed by atoms with Crippen LogP contribution in [0, 0.1) is 0 Å². The summed E-state index contributed by atoms with van der Waals surface area (Å²) in [5.74, 6) is 0. The SMILES string of the molecule is NC(CNC(=O)O)c1cccc(Br)c1. The third kappa shape index (κ3) is 3.35. The Labute approximate surface area is 90.2 Å². The molecule has 4 N–H and O–H groups in total. The number of benzene rings is 1. The van der Waals surface area contributed by atoms with Crippen LogP contribution in [0.1, 0.15) is 11.6 Å². The van der Waals surface area contributed by atoms with Gasteiger partial charge in [0.1, 0.15) is 0 Å². The van der Waals surface area contributed by atoms with Crippen molar-refractivity contribution in [1.29, 1.82) is 0 Å². The molecule has 4 nitrogen and oxygen atoms in total. The lowest BCUT2D eigenvalue weighted by Crippen LogP contribution is -2.30. The summed E-state index contributed by atoms with van der Waals surface area (Å²) in [5, 5.41) is 10.6. The quantitative estimate of drug-likeness (QED) is 0.773. The molecule has 0 aromatic heterocycles. The Kier molecular flexibility index (Phi) is 3.91. The molecule has 5 heteroatoms. The molecule has 76 valence electrons. The fourth-order valence-corrected chi connectivity index (χ4v) is 1.47. The molecule has 0 aliphatic rings. The molecule has 1 rings (SSSR count). The highest BCUT2D eigenvalue weighted by Crippen LogP contribution is 2.15. The van der Waals surface area contributed by atoms with Gasteiger partial charge in [0.15, 0.2) is 0 Å². The van der Waals surface area contributed by atoms with E-state index in [1.54, 1.807) is 0 Å². The maximum absolute atomic E-state index is 10.2. The normalized spacial score (nSPS) is 12.1. The summed E-state index contributed by atoms with van der Waals surface area (Å²) in [7, 11) is 0. The molecule has 0 spiro atoms. The van der Waals surface area contributed by atoms with E-state index in [1.165, 1.54) is 0 Å². The van der Waals surface area contributed by atoms with Gasteiger partial charge in [0.25, 0.3) is 0 Å². The zero-order valence-electron chi connectivity index (χ0n) is 7.40. The Balaban J connectivity index is 2.60. The fraction of sp³-hybridized carbons (Fsp3) is 0.222. The first-order chi connectivity index (χ1) is 6.59. The van der Waals surface area contributed by atoms with Gasteiger partial charge in [-0.05, 0) is 17.7 Å². The number of rotatable bonds is 3. The van der Waals surface area contributed by atoms with Crippen LogP contribution in [-0.4, -0.2) is 17.7 Å². The first kappa shape index (κ1) is 11.0. The minimum atomic E-state index is -1.06. The van der Waals surface area contributed by atoms with Gasteiger partial charge in [-0.15, -0.1) is 0 Å². The summed E-state index contributed by atoms with van der Waals surface area (Å²) in [6, 6.07) is 7.16. The highest BCUT2D eigenvalue weighted by Gasteiger charge is 2.06. The highest BCUT2D eigenvalue weighted by atomic mass is 79.9. The van der Waals surface area contributed by atoms with Crippen LogP contribution in [0.3, 0.4) is 0 Å². The second-order valence-corrected chi connectivity index (χ2v) is 3.76. The smallest absolute Gasteiger partial charge is 0.404 e. The number of carboxylic acid groups (broad SMARTS) is 1. The Hall–Kier alpha value is -1.07. The van der Waals surface area contributed by atoms with Crippen LogP contribution >= 0.6 is 15.9 Å². The van der Waals surface area contributed by atoms with Crippen molar-refractivity contribution < 1.29 is 9.90 Å². The molecular weight excluding hydrogens is 248 g/mol. The summed E-state index contributed by atoms with van der Waals surface area (Å²) >= 11 is 3.32. The lowest BCUT2D eigenvalue weighted by atomic mass is 10.1. The first-order valence-electron chi connectivity index (χ1n) is 4.07. The molecule has 1 unspecified atom stereocenters. The van der Waals surface area contributed by atoms with E-state index in [9.17, 15) is 4.79 Å². The van der Waals surface area contributed by atoms with E-state index in [2.05, 4.69) is 21.2 Å². The minimum Gasteiger partial charge on any atom is -0.465 e. The van der Waals surface area contributed by atoms with Gasteiger partial charge >= 0.3 is 6.09 Å². The summed E-state index contributed by atoms with van der Waals surface area (Å²) in [6.45, 7) is 0.214. The van der Waals surface area contributed by atoms with Crippen LogP contribution < -0.4 is 11.1 Å². The van der Waals surface area contributed by atoms with Crippen LogP contribution in [0.5, 0.6) is 0 Å². The third-order valence-corrected chi connectivity index (χ3v) is 2.24. The lowest BCUT2D eigenvalue weighted by molar-refractivity contribution is 0.193. The molecule has 0 aliphatic heterocycles. The molecule has 0 heterocycles. The summed E-state index contributed by atoms with van der Waals surface area (Å²) in [4.78, 5) is 10.2. The molecule has 0 saturated heterocycles. The van der Waals surface area contributed by atoms with E-state index >= 15 is 0 Å². The maximum Gasteiger partial charge on any atom is 0.404 e. The lowest BCUT2D eigenvalue weighted by Gasteiger charge is -2.11. The van der Waals surface area contributed by atoms with E-state index in [1.807, 2.05) is 24.3 Å². The van der Waals surface area contributed by atoms with Gasteiger partial charge in [-0.3, -0.25) is 0 Å². The largest absolute Gasteiger partial charge is 0.465 e. The molecule has 0 radical (unpaired) electrons. The average Bonchev–Trinajstić information content (AvgIpc) is 2.14. The number of nitrogens with one attached hydrogen (secondary N) is 1. The Morgan fingerprint density at radius 3 is 2.93 bits per heavy atom. The van der Waals surface area contributed by atoms with Crippen LogP contribution in [0.15, 0.2) is 28.7 Å². The number of nitrogens with two attached hydrogens (primary N) is 1. The Morgan fingerprint density at radius 1 is 1.64 bits per heavy atom. The highest BCUT2D eigenvalue weighted by molar-refractivity contribution is 9.10. The zero-order chi connectivity index (χ0) is 10.6. The van der Waals surface area contributed by atoms with Gasteiger partial charge in [-0.25, -0.2) is 4.79 Å². The Bertz CT molecular complexity index is 330. The predicted octanol–water partition coefficient (Wildman–Crippen LogP) is 1.72. The van der Waals surface area contributed by atoms with E-state index in [0.717, 1.165) is 10.0 Å². The molecule has 1 aromatic carbocycles. The van der Waals surface area contributed by atoms with Crippen molar-refractivity contribution in [3.8, 4) is 0 Å². The standard InChI is InChI=1S/C9H11BrN2O2/c10-7-3-1-2-6(4-7)8(11)5-12-9(13)14/h1-4,8,12H,5,11H2,(H,13,14). The van der Waals surface area contributed by atoms with Gasteiger partial charge in [0.2, 0.25) is 0 Å². The summed E-state index contributed by atoms with van der Waals surface area (Å²) < 4.78 is 0.931. The Morgan fingerprint density at radius 2 is 2.36 bits per heavy atom. The maximum atomic E-state index is 10.2. The van der Waals surface area contributed by atoms with Gasteiger partial charge in [0, 0.05) is 17.1 Å². The number of carbonyl (C=O) groups is 1. The van der Waals surface area contributed by atoms with Gasteiger partial charge in [-0.2, -0.15) is 0 Å². The van der Waals surface area contributed by atoms with Crippen LogP contribution in [0.2, 0.25) is 0 Å². The molecule has 14 heavy (non-hydrogen) atoms. The van der Waals surface area contributed by atoms with E-state index in [4.69, 9.17) is 10.8 Å². The molecule has 1 amide bonds. The van der Waals surface area contributed by atoms with Crippen molar-refractivity contribution in [2.45, 2.75) is 6.04 Å². The van der Waals surface area contributed by atoms with Crippen molar-refractivity contribution in [3.05, 3.63) is 34.3 Å². The molecule has 1 aromatic rings. The number of hydrogen-bond donors (Lipinski definition) is 3. The minimum absolute atomic E-state index is 0.214. The molecular formula is C9H11BrN2O2. The summed E-state index contributed by atoms with van der Waals surface area (Å²) in [5.41, 5.74) is 6.66. The van der Waals surface area contributed by atoms with Crippen LogP contribution in [0.4, 0.5) is 4.79 Å². The monoisotopic (exact) mass is 258 g/mol. The second kappa shape index (κ2) is 4.97. The van der Waals surface area contributed by atoms with Gasteiger partial charge in [0.05, 0.1) is 0 Å². The van der Waals surface area contributed by atoms with E-state index in [0.29, 0.717) is 0 Å². The predicted molar refractivity (Wildman–Crippen MR) is 57.1 cm³/mol. The van der Waals surface area contributed by atoms with E-state index in [-0.39, 0.29) is 12.6 Å². The number of hydrogen-bond acceptors (Lipinski definition) is 2. The van der Waals surface area contributed by atoms with Crippen molar-refractivity contribution in [2.75, 3.05) is 6.54 Å². The van der Waals surface area contributed by atoms with Crippen LogP contribution in [-0.2, 0) is 0 Å². The fourth-order valence-electron chi connectivity index (χ4n) is 1.05. The molecule has 0 bridgehead atoms. The topological polar surface area (TPSA) is 75.3 Å².